The molecule has 2 saturated heterocycles. The van der Waals surface area contributed by atoms with Gasteiger partial charge in [-0.15, -0.1) is 0 Å². The third-order valence-corrected chi connectivity index (χ3v) is 4.78. The van der Waals surface area contributed by atoms with Crippen molar-refractivity contribution in [2.45, 2.75) is 64.2 Å². The van der Waals surface area contributed by atoms with Gasteiger partial charge in [-0.1, -0.05) is 6.42 Å². The summed E-state index contributed by atoms with van der Waals surface area (Å²) in [6, 6.07) is 0. The van der Waals surface area contributed by atoms with Gasteiger partial charge < -0.3 is 14.5 Å². The minimum Gasteiger partial charge on any atom is -0.381 e. The van der Waals surface area contributed by atoms with Gasteiger partial charge in [0.1, 0.15) is 0 Å². The number of carbonyl (C=O) groups is 2. The van der Waals surface area contributed by atoms with Crippen LogP contribution < -0.4 is 0 Å². The molecular formula is C18H32N2O3. The van der Waals surface area contributed by atoms with Crippen molar-refractivity contribution < 1.29 is 14.3 Å². The van der Waals surface area contributed by atoms with Crippen molar-refractivity contribution in [3.05, 3.63) is 0 Å². The quantitative estimate of drug-likeness (QED) is 0.613. The van der Waals surface area contributed by atoms with E-state index < -0.39 is 0 Å². The van der Waals surface area contributed by atoms with Gasteiger partial charge in [0.15, 0.2) is 0 Å². The molecule has 0 N–H and O–H groups in total. The van der Waals surface area contributed by atoms with Crippen molar-refractivity contribution in [1.82, 2.24) is 9.80 Å². The fraction of sp³-hybridized carbons (Fsp3) is 0.889. The van der Waals surface area contributed by atoms with Gasteiger partial charge in [0.25, 0.3) is 0 Å². The van der Waals surface area contributed by atoms with Gasteiger partial charge in [-0.05, 0) is 44.9 Å². The monoisotopic (exact) mass is 324 g/mol. The van der Waals surface area contributed by atoms with Crippen molar-refractivity contribution in [3.8, 4) is 0 Å². The molecule has 0 bridgehead atoms. The van der Waals surface area contributed by atoms with E-state index in [4.69, 9.17) is 4.74 Å². The van der Waals surface area contributed by atoms with Crippen molar-refractivity contribution in [1.29, 1.82) is 0 Å². The van der Waals surface area contributed by atoms with Crippen LogP contribution in [-0.4, -0.2) is 61.0 Å². The summed E-state index contributed by atoms with van der Waals surface area (Å²) in [7, 11) is 0. The third kappa shape index (κ3) is 6.90. The lowest BCUT2D eigenvalue weighted by Gasteiger charge is -2.26. The van der Waals surface area contributed by atoms with Crippen molar-refractivity contribution in [2.75, 3.05) is 39.4 Å². The van der Waals surface area contributed by atoms with Crippen LogP contribution in [0.15, 0.2) is 0 Å². The molecule has 23 heavy (non-hydrogen) atoms. The van der Waals surface area contributed by atoms with E-state index in [1.165, 1.54) is 6.42 Å². The summed E-state index contributed by atoms with van der Waals surface area (Å²) < 4.78 is 5.67. The molecule has 2 aliphatic heterocycles. The average molecular weight is 324 g/mol. The molecule has 2 heterocycles. The summed E-state index contributed by atoms with van der Waals surface area (Å²) in [5, 5.41) is 0. The van der Waals surface area contributed by atoms with Crippen LogP contribution in [0.4, 0.5) is 0 Å². The maximum Gasteiger partial charge on any atom is 0.222 e. The molecular weight excluding hydrogens is 292 g/mol. The highest BCUT2D eigenvalue weighted by atomic mass is 16.5. The number of piperidine rings is 1. The van der Waals surface area contributed by atoms with Crippen molar-refractivity contribution in [3.63, 3.8) is 0 Å². The van der Waals surface area contributed by atoms with E-state index in [2.05, 4.69) is 0 Å². The molecule has 0 aromatic carbocycles. The lowest BCUT2D eigenvalue weighted by atomic mass is 10.1. The zero-order valence-corrected chi connectivity index (χ0v) is 14.4. The smallest absolute Gasteiger partial charge is 0.222 e. The first-order valence-electron chi connectivity index (χ1n) is 9.40. The van der Waals surface area contributed by atoms with Crippen LogP contribution in [-0.2, 0) is 14.3 Å². The minimum atomic E-state index is 0.314. The Morgan fingerprint density at radius 3 is 2.00 bits per heavy atom. The van der Waals surface area contributed by atoms with Gasteiger partial charge in [0.05, 0.1) is 0 Å². The van der Waals surface area contributed by atoms with E-state index in [0.717, 1.165) is 97.2 Å². The van der Waals surface area contributed by atoms with E-state index >= 15 is 0 Å². The lowest BCUT2D eigenvalue weighted by molar-refractivity contribution is -0.133. The Balaban J connectivity index is 1.43. The molecule has 5 nitrogen and oxygen atoms in total. The molecule has 2 fully saturated rings. The Hall–Kier alpha value is -1.10. The van der Waals surface area contributed by atoms with E-state index in [1.807, 2.05) is 9.80 Å². The standard InChI is InChI=1S/C18H32N2O3/c21-17-9-2-1-4-11-20(17)14-8-16-23-15-7-6-13-19-12-5-3-10-18(19)22/h1-16H2. The highest BCUT2D eigenvalue weighted by Crippen LogP contribution is 2.12. The first-order chi connectivity index (χ1) is 11.3. The van der Waals surface area contributed by atoms with Gasteiger partial charge in [0, 0.05) is 52.2 Å². The molecule has 2 aliphatic rings. The maximum atomic E-state index is 11.8. The Kier molecular flexibility index (Phi) is 8.43. The number of amides is 2. The first kappa shape index (κ1) is 18.2. The second kappa shape index (κ2) is 10.6. The Bertz CT molecular complexity index is 373. The van der Waals surface area contributed by atoms with Gasteiger partial charge in [-0.25, -0.2) is 0 Å². The second-order valence-corrected chi connectivity index (χ2v) is 6.70. The summed E-state index contributed by atoms with van der Waals surface area (Å²) >= 11 is 0. The molecule has 2 rings (SSSR count). The number of rotatable bonds is 9. The van der Waals surface area contributed by atoms with Gasteiger partial charge in [0.2, 0.25) is 11.8 Å². The zero-order valence-electron chi connectivity index (χ0n) is 14.4. The average Bonchev–Trinajstić information content (AvgIpc) is 2.76. The number of nitrogens with zero attached hydrogens (tertiary/aromatic N) is 2. The SMILES string of the molecule is O=C1CCCCN1CCCCOCCCN1CCCCCC1=O. The van der Waals surface area contributed by atoms with Crippen LogP contribution in [0.1, 0.15) is 64.2 Å². The van der Waals surface area contributed by atoms with Crippen molar-refractivity contribution in [2.24, 2.45) is 0 Å². The molecule has 2 amide bonds. The molecule has 132 valence electrons. The Morgan fingerprint density at radius 1 is 0.696 bits per heavy atom. The minimum absolute atomic E-state index is 0.314. The van der Waals surface area contributed by atoms with Crippen LogP contribution in [0.2, 0.25) is 0 Å². The van der Waals surface area contributed by atoms with Crippen LogP contribution in [0.5, 0.6) is 0 Å². The second-order valence-electron chi connectivity index (χ2n) is 6.70. The van der Waals surface area contributed by atoms with Crippen LogP contribution in [0.25, 0.3) is 0 Å². The Morgan fingerprint density at radius 2 is 1.26 bits per heavy atom. The maximum absolute atomic E-state index is 11.8. The predicted molar refractivity (Wildman–Crippen MR) is 90.1 cm³/mol. The fourth-order valence-corrected chi connectivity index (χ4v) is 3.34. The van der Waals surface area contributed by atoms with Gasteiger partial charge in [-0.2, -0.15) is 0 Å². The van der Waals surface area contributed by atoms with Crippen molar-refractivity contribution >= 4 is 11.8 Å². The van der Waals surface area contributed by atoms with E-state index in [0.29, 0.717) is 11.8 Å². The molecule has 0 spiro atoms. The van der Waals surface area contributed by atoms with Crippen LogP contribution in [0.3, 0.4) is 0 Å². The largest absolute Gasteiger partial charge is 0.381 e. The zero-order chi connectivity index (χ0) is 16.3. The molecule has 0 aliphatic carbocycles. The molecule has 0 unspecified atom stereocenters. The number of hydrogen-bond acceptors (Lipinski definition) is 3. The predicted octanol–water partition coefficient (Wildman–Crippen LogP) is 2.59. The summed E-state index contributed by atoms with van der Waals surface area (Å²) in [5.41, 5.74) is 0. The molecule has 0 radical (unpaired) electrons. The number of hydrogen-bond donors (Lipinski definition) is 0. The highest BCUT2D eigenvalue weighted by Gasteiger charge is 2.17. The molecule has 0 saturated carbocycles. The Labute approximate surface area is 140 Å². The molecule has 5 heteroatoms. The van der Waals surface area contributed by atoms with Gasteiger partial charge in [-0.3, -0.25) is 9.59 Å². The molecule has 0 atom stereocenters. The summed E-state index contributed by atoms with van der Waals surface area (Å²) in [4.78, 5) is 27.5. The highest BCUT2D eigenvalue weighted by molar-refractivity contribution is 5.77. The van der Waals surface area contributed by atoms with Crippen LogP contribution >= 0.6 is 0 Å². The molecule has 0 aromatic heterocycles. The fourth-order valence-electron chi connectivity index (χ4n) is 3.34. The number of carbonyl (C=O) groups excluding carboxylic acids is 2. The van der Waals surface area contributed by atoms with Crippen LogP contribution in [0, 0.1) is 0 Å². The summed E-state index contributed by atoms with van der Waals surface area (Å²) in [6.07, 6.45) is 9.97. The number of ether oxygens (including phenoxy) is 1. The lowest BCUT2D eigenvalue weighted by Crippen LogP contribution is -2.36. The third-order valence-electron chi connectivity index (χ3n) is 4.78. The van der Waals surface area contributed by atoms with E-state index in [1.54, 1.807) is 0 Å². The normalized spacial score (nSPS) is 20.0. The summed E-state index contributed by atoms with van der Waals surface area (Å²) in [6.45, 7) is 5.06. The number of unbranched alkanes of at least 4 members (excludes halogenated alkanes) is 1. The topological polar surface area (TPSA) is 49.9 Å². The van der Waals surface area contributed by atoms with Gasteiger partial charge >= 0.3 is 0 Å². The molecule has 0 aromatic rings. The summed E-state index contributed by atoms with van der Waals surface area (Å²) in [5.74, 6) is 0.632. The van der Waals surface area contributed by atoms with E-state index in [9.17, 15) is 9.59 Å². The number of likely N-dealkylation sites (tertiary alicyclic amines) is 2. The van der Waals surface area contributed by atoms with E-state index in [-0.39, 0.29) is 0 Å². The first-order valence-corrected chi connectivity index (χ1v) is 9.40.